The van der Waals surface area contributed by atoms with Gasteiger partial charge in [-0.25, -0.2) is 4.79 Å². The number of alkyl halides is 3. The van der Waals surface area contributed by atoms with Gasteiger partial charge in [0.05, 0.1) is 11.1 Å². The molecule has 116 valence electrons. The Morgan fingerprint density at radius 1 is 1.38 bits per heavy atom. The van der Waals surface area contributed by atoms with Gasteiger partial charge in [0.2, 0.25) is 0 Å². The van der Waals surface area contributed by atoms with Crippen LogP contribution >= 0.6 is 0 Å². The molecule has 0 radical (unpaired) electrons. The molecule has 2 rings (SSSR count). The molecule has 1 aliphatic carbocycles. The number of anilines is 1. The molecule has 0 bridgehead atoms. The monoisotopic (exact) mass is 301 g/mol. The summed E-state index contributed by atoms with van der Waals surface area (Å²) in [5.41, 5.74) is -0.886. The highest BCUT2D eigenvalue weighted by Gasteiger charge is 2.35. The van der Waals surface area contributed by atoms with Gasteiger partial charge in [0.25, 0.3) is 0 Å². The largest absolute Gasteiger partial charge is 0.478 e. The minimum absolute atomic E-state index is 0.151. The van der Waals surface area contributed by atoms with Crippen molar-refractivity contribution in [2.24, 2.45) is 5.41 Å². The van der Waals surface area contributed by atoms with Crippen molar-refractivity contribution in [1.29, 1.82) is 0 Å². The van der Waals surface area contributed by atoms with E-state index in [1.54, 1.807) is 0 Å². The van der Waals surface area contributed by atoms with Crippen LogP contribution in [0.5, 0.6) is 0 Å². The zero-order valence-electron chi connectivity index (χ0n) is 11.8. The molecule has 1 aliphatic rings. The smallest absolute Gasteiger partial charge is 0.416 e. The standard InChI is InChI=1S/C15H18F3NO2/c1-2-14(6-3-7-14)9-19-12-5-4-10(15(16,17)18)8-11(12)13(20)21/h4-5,8,19H,2-3,6-7,9H2,1H3,(H,20,21). The first-order valence-corrected chi connectivity index (χ1v) is 6.96. The minimum atomic E-state index is -4.54. The quantitative estimate of drug-likeness (QED) is 0.847. The van der Waals surface area contributed by atoms with E-state index in [0.29, 0.717) is 12.6 Å². The summed E-state index contributed by atoms with van der Waals surface area (Å²) in [4.78, 5) is 11.2. The van der Waals surface area contributed by atoms with Gasteiger partial charge in [-0.15, -0.1) is 0 Å². The summed E-state index contributed by atoms with van der Waals surface area (Å²) in [5, 5.41) is 12.1. The molecule has 0 unspecified atom stereocenters. The van der Waals surface area contributed by atoms with E-state index in [9.17, 15) is 18.0 Å². The van der Waals surface area contributed by atoms with Crippen LogP contribution in [0.1, 0.15) is 48.5 Å². The molecular formula is C15H18F3NO2. The van der Waals surface area contributed by atoms with Crippen LogP contribution in [0.2, 0.25) is 0 Å². The van der Waals surface area contributed by atoms with Crippen LogP contribution in [-0.4, -0.2) is 17.6 Å². The Hall–Kier alpha value is -1.72. The number of carboxylic acids is 1. The van der Waals surface area contributed by atoms with Crippen molar-refractivity contribution in [3.63, 3.8) is 0 Å². The van der Waals surface area contributed by atoms with Crippen LogP contribution in [0.3, 0.4) is 0 Å². The molecule has 21 heavy (non-hydrogen) atoms. The lowest BCUT2D eigenvalue weighted by Gasteiger charge is -2.41. The van der Waals surface area contributed by atoms with Gasteiger partial charge in [0.15, 0.2) is 0 Å². The summed E-state index contributed by atoms with van der Waals surface area (Å²) in [5.74, 6) is -1.36. The van der Waals surface area contributed by atoms with E-state index in [0.717, 1.165) is 31.7 Å². The van der Waals surface area contributed by atoms with Gasteiger partial charge in [-0.1, -0.05) is 13.3 Å². The van der Waals surface area contributed by atoms with Gasteiger partial charge < -0.3 is 10.4 Å². The Labute approximate surface area is 121 Å². The molecule has 0 spiro atoms. The second-order valence-electron chi connectivity index (χ2n) is 5.62. The molecule has 1 saturated carbocycles. The third-order valence-electron chi connectivity index (χ3n) is 4.40. The third-order valence-corrected chi connectivity index (χ3v) is 4.40. The highest BCUT2D eigenvalue weighted by Crippen LogP contribution is 2.44. The maximum absolute atomic E-state index is 12.6. The topological polar surface area (TPSA) is 49.3 Å². The second-order valence-corrected chi connectivity index (χ2v) is 5.62. The number of aromatic carboxylic acids is 1. The summed E-state index contributed by atoms with van der Waals surface area (Å²) in [6.45, 7) is 2.67. The molecule has 0 heterocycles. The molecule has 0 saturated heterocycles. The van der Waals surface area contributed by atoms with Crippen LogP contribution in [0.15, 0.2) is 18.2 Å². The summed E-state index contributed by atoms with van der Waals surface area (Å²) >= 11 is 0. The van der Waals surface area contributed by atoms with Crippen molar-refractivity contribution in [3.05, 3.63) is 29.3 Å². The maximum Gasteiger partial charge on any atom is 0.416 e. The molecule has 2 N–H and O–H groups in total. The molecule has 6 heteroatoms. The highest BCUT2D eigenvalue weighted by molar-refractivity contribution is 5.94. The molecule has 0 atom stereocenters. The van der Waals surface area contributed by atoms with Gasteiger partial charge >= 0.3 is 12.1 Å². The summed E-state index contributed by atoms with van der Waals surface area (Å²) in [7, 11) is 0. The minimum Gasteiger partial charge on any atom is -0.478 e. The number of hydrogen-bond acceptors (Lipinski definition) is 2. The van der Waals surface area contributed by atoms with Crippen LogP contribution in [0, 0.1) is 5.41 Å². The molecule has 1 aromatic carbocycles. The molecule has 0 aromatic heterocycles. The molecule has 3 nitrogen and oxygen atoms in total. The average Bonchev–Trinajstić information content (AvgIpc) is 2.36. The van der Waals surface area contributed by atoms with E-state index in [1.807, 2.05) is 0 Å². The lowest BCUT2D eigenvalue weighted by atomic mass is 9.67. The number of hydrogen-bond donors (Lipinski definition) is 2. The fraction of sp³-hybridized carbons (Fsp3) is 0.533. The van der Waals surface area contributed by atoms with E-state index in [1.165, 1.54) is 6.07 Å². The van der Waals surface area contributed by atoms with Gasteiger partial charge in [-0.05, 0) is 42.9 Å². The zero-order chi connectivity index (χ0) is 15.7. The van der Waals surface area contributed by atoms with Gasteiger partial charge in [0.1, 0.15) is 0 Å². The number of benzene rings is 1. The van der Waals surface area contributed by atoms with Crippen LogP contribution in [-0.2, 0) is 6.18 Å². The van der Waals surface area contributed by atoms with Crippen molar-refractivity contribution in [1.82, 2.24) is 0 Å². The average molecular weight is 301 g/mol. The lowest BCUT2D eigenvalue weighted by molar-refractivity contribution is -0.137. The third kappa shape index (κ3) is 3.31. The van der Waals surface area contributed by atoms with Crippen molar-refractivity contribution < 1.29 is 23.1 Å². The van der Waals surface area contributed by atoms with Gasteiger partial charge in [0, 0.05) is 12.2 Å². The number of halogens is 3. The van der Waals surface area contributed by atoms with E-state index in [2.05, 4.69) is 12.2 Å². The van der Waals surface area contributed by atoms with Gasteiger partial charge in [-0.3, -0.25) is 0 Å². The first-order chi connectivity index (χ1) is 9.77. The lowest BCUT2D eigenvalue weighted by Crippen LogP contribution is -2.36. The van der Waals surface area contributed by atoms with E-state index < -0.39 is 17.7 Å². The van der Waals surface area contributed by atoms with Crippen LogP contribution in [0.25, 0.3) is 0 Å². The van der Waals surface area contributed by atoms with Crippen LogP contribution in [0.4, 0.5) is 18.9 Å². The SMILES string of the molecule is CCC1(CNc2ccc(C(F)(F)F)cc2C(=O)O)CCC1. The van der Waals surface area contributed by atoms with Crippen molar-refractivity contribution >= 4 is 11.7 Å². The highest BCUT2D eigenvalue weighted by atomic mass is 19.4. The fourth-order valence-electron chi connectivity index (χ4n) is 2.67. The zero-order valence-corrected chi connectivity index (χ0v) is 11.8. The van der Waals surface area contributed by atoms with E-state index in [-0.39, 0.29) is 16.7 Å². The normalized spacial score (nSPS) is 17.1. The van der Waals surface area contributed by atoms with E-state index >= 15 is 0 Å². The number of nitrogens with one attached hydrogen (secondary N) is 1. The molecule has 0 amide bonds. The first-order valence-electron chi connectivity index (χ1n) is 6.96. The Kier molecular flexibility index (Phi) is 4.16. The Balaban J connectivity index is 2.21. The first kappa shape index (κ1) is 15.7. The Morgan fingerprint density at radius 3 is 2.48 bits per heavy atom. The molecular weight excluding hydrogens is 283 g/mol. The van der Waals surface area contributed by atoms with Crippen molar-refractivity contribution in [2.75, 3.05) is 11.9 Å². The number of carboxylic acid groups (broad SMARTS) is 1. The summed E-state index contributed by atoms with van der Waals surface area (Å²) in [6, 6.07) is 2.80. The molecule has 0 aliphatic heterocycles. The van der Waals surface area contributed by atoms with Crippen molar-refractivity contribution in [3.8, 4) is 0 Å². The van der Waals surface area contributed by atoms with E-state index in [4.69, 9.17) is 5.11 Å². The van der Waals surface area contributed by atoms with Gasteiger partial charge in [-0.2, -0.15) is 13.2 Å². The molecule has 1 fully saturated rings. The van der Waals surface area contributed by atoms with Crippen LogP contribution < -0.4 is 5.32 Å². The maximum atomic E-state index is 12.6. The predicted molar refractivity (Wildman–Crippen MR) is 73.5 cm³/mol. The number of rotatable bonds is 5. The fourth-order valence-corrected chi connectivity index (χ4v) is 2.67. The summed E-state index contributed by atoms with van der Waals surface area (Å²) < 4.78 is 37.9. The summed E-state index contributed by atoms with van der Waals surface area (Å²) in [6.07, 6.45) is -0.280. The number of carbonyl (C=O) groups is 1. The second kappa shape index (κ2) is 5.58. The Morgan fingerprint density at radius 2 is 2.05 bits per heavy atom. The van der Waals surface area contributed by atoms with Crippen molar-refractivity contribution in [2.45, 2.75) is 38.8 Å². The predicted octanol–water partition coefficient (Wildman–Crippen LogP) is 4.40. The molecule has 1 aromatic rings. The Bertz CT molecular complexity index is 531.